The molecule has 3 aromatic rings. The van der Waals surface area contributed by atoms with Gasteiger partial charge in [-0.3, -0.25) is 4.79 Å². The van der Waals surface area contributed by atoms with Gasteiger partial charge in [0, 0.05) is 34.7 Å². The van der Waals surface area contributed by atoms with E-state index in [1.165, 1.54) is 11.8 Å². The Labute approximate surface area is 157 Å². The summed E-state index contributed by atoms with van der Waals surface area (Å²) in [6, 6.07) is 21.2. The molecule has 0 spiro atoms. The summed E-state index contributed by atoms with van der Waals surface area (Å²) in [6.45, 7) is 1.55. The zero-order valence-corrected chi connectivity index (χ0v) is 15.0. The van der Waals surface area contributed by atoms with Crippen LogP contribution in [0, 0.1) is 23.7 Å². The molecule has 0 radical (unpaired) electrons. The smallest absolute Gasteiger partial charge is 0.190 e. The molecule has 1 aromatic heterocycles. The molecular formula is C23H15NOS. The number of carbonyl (C=O) groups is 1. The summed E-state index contributed by atoms with van der Waals surface area (Å²) < 4.78 is 0. The average Bonchev–Trinajstić information content (AvgIpc) is 2.67. The highest BCUT2D eigenvalue weighted by atomic mass is 32.2. The molecule has 2 aromatic carbocycles. The fraction of sp³-hybridized carbons (Fsp3) is 0.0435. The van der Waals surface area contributed by atoms with Crippen molar-refractivity contribution in [2.24, 2.45) is 0 Å². The Balaban J connectivity index is 1.67. The van der Waals surface area contributed by atoms with Crippen molar-refractivity contribution < 1.29 is 4.79 Å². The minimum Gasteiger partial charge on any atom is -0.287 e. The molecule has 3 rings (SSSR count). The Morgan fingerprint density at radius 3 is 2.04 bits per heavy atom. The fourth-order valence-electron chi connectivity index (χ4n) is 2.12. The second-order valence-electron chi connectivity index (χ2n) is 5.42. The first-order valence-electron chi connectivity index (χ1n) is 8.03. The topological polar surface area (TPSA) is 30.0 Å². The van der Waals surface area contributed by atoms with Crippen molar-refractivity contribution in [1.82, 2.24) is 4.98 Å². The van der Waals surface area contributed by atoms with Crippen molar-refractivity contribution in [2.75, 3.05) is 0 Å². The maximum Gasteiger partial charge on any atom is 0.190 e. The van der Waals surface area contributed by atoms with Crippen LogP contribution in [-0.2, 0) is 4.79 Å². The van der Waals surface area contributed by atoms with Crippen LogP contribution >= 0.6 is 11.8 Å². The van der Waals surface area contributed by atoms with E-state index in [0.29, 0.717) is 5.69 Å². The van der Waals surface area contributed by atoms with Gasteiger partial charge in [-0.15, -0.1) is 0 Å². The van der Waals surface area contributed by atoms with Gasteiger partial charge in [0.2, 0.25) is 0 Å². The lowest BCUT2D eigenvalue weighted by Crippen LogP contribution is -1.84. The van der Waals surface area contributed by atoms with E-state index in [9.17, 15) is 4.79 Å². The van der Waals surface area contributed by atoms with E-state index in [1.807, 2.05) is 66.7 Å². The van der Waals surface area contributed by atoms with Crippen molar-refractivity contribution >= 4 is 16.9 Å². The van der Waals surface area contributed by atoms with E-state index in [0.717, 1.165) is 21.6 Å². The average molecular weight is 353 g/mol. The van der Waals surface area contributed by atoms with Gasteiger partial charge in [-0.25, -0.2) is 4.98 Å². The van der Waals surface area contributed by atoms with E-state index in [1.54, 1.807) is 13.1 Å². The second-order valence-corrected chi connectivity index (χ2v) is 6.67. The molecule has 0 bridgehead atoms. The molecule has 0 atom stereocenters. The SMILES string of the molecule is CC(=O)Sc1ccc(C#Cc2ccc(C#Cc3ccccc3)cn2)cc1. The summed E-state index contributed by atoms with van der Waals surface area (Å²) in [5, 5.41) is 0.0727. The lowest BCUT2D eigenvalue weighted by Gasteiger charge is -1.96. The Hall–Kier alpha value is -3.27. The van der Waals surface area contributed by atoms with E-state index >= 15 is 0 Å². The van der Waals surface area contributed by atoms with Gasteiger partial charge in [-0.1, -0.05) is 47.7 Å². The highest BCUT2D eigenvalue weighted by Crippen LogP contribution is 2.18. The van der Waals surface area contributed by atoms with Crippen molar-refractivity contribution in [3.63, 3.8) is 0 Å². The van der Waals surface area contributed by atoms with Crippen LogP contribution in [0.3, 0.4) is 0 Å². The Morgan fingerprint density at radius 1 is 0.769 bits per heavy atom. The number of pyridine rings is 1. The van der Waals surface area contributed by atoms with Crippen LogP contribution in [0.2, 0.25) is 0 Å². The largest absolute Gasteiger partial charge is 0.287 e. The maximum atomic E-state index is 11.1. The van der Waals surface area contributed by atoms with Gasteiger partial charge in [-0.2, -0.15) is 0 Å². The molecule has 0 saturated carbocycles. The van der Waals surface area contributed by atoms with Crippen LogP contribution in [0.4, 0.5) is 0 Å². The first-order chi connectivity index (χ1) is 12.7. The van der Waals surface area contributed by atoms with Gasteiger partial charge in [0.1, 0.15) is 5.69 Å². The molecule has 2 nitrogen and oxygen atoms in total. The lowest BCUT2D eigenvalue weighted by molar-refractivity contribution is -0.109. The monoisotopic (exact) mass is 353 g/mol. The number of hydrogen-bond acceptors (Lipinski definition) is 3. The zero-order valence-electron chi connectivity index (χ0n) is 14.2. The molecule has 3 heteroatoms. The van der Waals surface area contributed by atoms with E-state index < -0.39 is 0 Å². The minimum atomic E-state index is 0.0727. The molecule has 0 aliphatic rings. The molecule has 0 saturated heterocycles. The second kappa shape index (κ2) is 8.72. The van der Waals surface area contributed by atoms with Crippen molar-refractivity contribution in [3.05, 3.63) is 95.3 Å². The number of benzene rings is 2. The van der Waals surface area contributed by atoms with Crippen LogP contribution < -0.4 is 0 Å². The third-order valence-electron chi connectivity index (χ3n) is 3.34. The summed E-state index contributed by atoms with van der Waals surface area (Å²) in [4.78, 5) is 16.3. The normalized spacial score (nSPS) is 9.42. The molecule has 0 fully saturated rings. The van der Waals surface area contributed by atoms with E-state index in [2.05, 4.69) is 28.7 Å². The lowest BCUT2D eigenvalue weighted by atomic mass is 10.2. The third-order valence-corrected chi connectivity index (χ3v) is 4.13. The summed E-state index contributed by atoms with van der Waals surface area (Å²) >= 11 is 1.21. The van der Waals surface area contributed by atoms with Crippen LogP contribution in [0.15, 0.2) is 77.8 Å². The number of nitrogens with zero attached hydrogens (tertiary/aromatic N) is 1. The molecule has 0 aliphatic carbocycles. The van der Waals surface area contributed by atoms with Crippen molar-refractivity contribution in [3.8, 4) is 23.7 Å². The number of carbonyl (C=O) groups excluding carboxylic acids is 1. The zero-order chi connectivity index (χ0) is 18.2. The predicted octanol–water partition coefficient (Wildman–Crippen LogP) is 4.52. The van der Waals surface area contributed by atoms with E-state index in [-0.39, 0.29) is 5.12 Å². The van der Waals surface area contributed by atoms with Gasteiger partial charge in [-0.05, 0) is 54.5 Å². The first kappa shape index (κ1) is 17.5. The minimum absolute atomic E-state index is 0.0727. The maximum absolute atomic E-state index is 11.1. The highest BCUT2D eigenvalue weighted by Gasteiger charge is 1.97. The van der Waals surface area contributed by atoms with Gasteiger partial charge in [0.25, 0.3) is 0 Å². The first-order valence-corrected chi connectivity index (χ1v) is 8.84. The molecule has 26 heavy (non-hydrogen) atoms. The molecule has 1 heterocycles. The standard InChI is InChI=1S/C23H15NOS/c1-18(25)26-23-15-11-20(12-16-23)9-13-22-14-10-21(17-24-22)8-7-19-5-3-2-4-6-19/h2-6,10-12,14-17H,1H3. The van der Waals surface area contributed by atoms with Gasteiger partial charge in [0.15, 0.2) is 5.12 Å². The molecule has 0 N–H and O–H groups in total. The molecular weight excluding hydrogens is 338 g/mol. The van der Waals surface area contributed by atoms with Crippen LogP contribution in [0.25, 0.3) is 0 Å². The summed E-state index contributed by atoms with van der Waals surface area (Å²) in [7, 11) is 0. The number of aromatic nitrogens is 1. The Bertz CT molecular complexity index is 1020. The van der Waals surface area contributed by atoms with Gasteiger partial charge >= 0.3 is 0 Å². The number of hydrogen-bond donors (Lipinski definition) is 0. The summed E-state index contributed by atoms with van der Waals surface area (Å²) in [5.41, 5.74) is 3.40. The van der Waals surface area contributed by atoms with Crippen LogP contribution in [0.1, 0.15) is 29.3 Å². The Morgan fingerprint density at radius 2 is 1.38 bits per heavy atom. The summed E-state index contributed by atoms with van der Waals surface area (Å²) in [6.07, 6.45) is 1.73. The van der Waals surface area contributed by atoms with E-state index in [4.69, 9.17) is 0 Å². The van der Waals surface area contributed by atoms with Gasteiger partial charge in [0.05, 0.1) is 0 Å². The third kappa shape index (κ3) is 5.38. The molecule has 0 aliphatic heterocycles. The Kier molecular flexibility index (Phi) is 5.88. The van der Waals surface area contributed by atoms with Crippen molar-refractivity contribution in [2.45, 2.75) is 11.8 Å². The fourth-order valence-corrected chi connectivity index (χ4v) is 2.72. The molecule has 124 valence electrons. The van der Waals surface area contributed by atoms with Crippen molar-refractivity contribution in [1.29, 1.82) is 0 Å². The van der Waals surface area contributed by atoms with Crippen LogP contribution in [0.5, 0.6) is 0 Å². The molecule has 0 amide bonds. The number of rotatable bonds is 1. The van der Waals surface area contributed by atoms with Gasteiger partial charge < -0.3 is 0 Å². The predicted molar refractivity (Wildman–Crippen MR) is 106 cm³/mol. The van der Waals surface area contributed by atoms with Crippen LogP contribution in [-0.4, -0.2) is 10.1 Å². The molecule has 0 unspecified atom stereocenters. The quantitative estimate of drug-likeness (QED) is 0.476. The number of thioether (sulfide) groups is 1. The highest BCUT2D eigenvalue weighted by molar-refractivity contribution is 8.13. The summed E-state index contributed by atoms with van der Waals surface area (Å²) in [5.74, 6) is 12.3.